The molecule has 0 heterocycles. The first kappa shape index (κ1) is 10.1. The van der Waals surface area contributed by atoms with E-state index in [4.69, 9.17) is 0 Å². The molecule has 0 amide bonds. The monoisotopic (exact) mass is 212 g/mol. The largest absolute Gasteiger partial charge is 0.0761 e. The van der Waals surface area contributed by atoms with Gasteiger partial charge in [0.15, 0.2) is 0 Å². The molecule has 1 aromatic rings. The predicted molar refractivity (Wildman–Crippen MR) is 69.7 cm³/mol. The van der Waals surface area contributed by atoms with E-state index in [1.54, 1.807) is 16.7 Å². The van der Waals surface area contributed by atoms with Gasteiger partial charge in [0.1, 0.15) is 0 Å². The molecule has 0 N–H and O–H groups in total. The van der Waals surface area contributed by atoms with Gasteiger partial charge in [-0.1, -0.05) is 44.6 Å². The van der Waals surface area contributed by atoms with Crippen LogP contribution in [0, 0.1) is 5.92 Å². The molecular formula is C16H20. The van der Waals surface area contributed by atoms with Crippen LogP contribution in [0.3, 0.4) is 0 Å². The van der Waals surface area contributed by atoms with Gasteiger partial charge in [-0.05, 0) is 47.4 Å². The molecule has 0 bridgehead atoms. The Morgan fingerprint density at radius 2 is 2.00 bits per heavy atom. The Hall–Kier alpha value is -1.04. The molecule has 0 fully saturated rings. The van der Waals surface area contributed by atoms with Crippen LogP contribution in [0.5, 0.6) is 0 Å². The maximum Gasteiger partial charge on any atom is 0.00528 e. The Morgan fingerprint density at radius 1 is 1.25 bits per heavy atom. The van der Waals surface area contributed by atoms with Crippen LogP contribution in [-0.4, -0.2) is 0 Å². The summed E-state index contributed by atoms with van der Waals surface area (Å²) in [6.07, 6.45) is 9.97. The van der Waals surface area contributed by atoms with E-state index in [0.29, 0.717) is 5.92 Å². The van der Waals surface area contributed by atoms with E-state index >= 15 is 0 Å². The molecule has 0 radical (unpaired) electrons. The van der Waals surface area contributed by atoms with Crippen LogP contribution in [0.15, 0.2) is 18.2 Å². The topological polar surface area (TPSA) is 0 Å². The van der Waals surface area contributed by atoms with Crippen LogP contribution < -0.4 is 0 Å². The highest BCUT2D eigenvalue weighted by Crippen LogP contribution is 2.39. The second kappa shape index (κ2) is 3.76. The van der Waals surface area contributed by atoms with Gasteiger partial charge in [-0.3, -0.25) is 0 Å². The summed E-state index contributed by atoms with van der Waals surface area (Å²) >= 11 is 0. The lowest BCUT2D eigenvalue weighted by Crippen LogP contribution is -2.05. The van der Waals surface area contributed by atoms with Gasteiger partial charge in [0.2, 0.25) is 0 Å². The van der Waals surface area contributed by atoms with Gasteiger partial charge in [0.25, 0.3) is 0 Å². The van der Waals surface area contributed by atoms with Gasteiger partial charge in [-0.2, -0.15) is 0 Å². The molecule has 1 aromatic carbocycles. The second-order valence-electron chi connectivity index (χ2n) is 5.37. The minimum atomic E-state index is 0.672. The predicted octanol–water partition coefficient (Wildman–Crippen LogP) is 4.33. The lowest BCUT2D eigenvalue weighted by molar-refractivity contribution is 0.511. The standard InChI is InChI=1S/C16H20/c1-3-11(2)15-8-7-14-9-12-5-4-6-13(12)10-16(14)15/h7-11,15H,3-6H2,1-2H3. The zero-order valence-corrected chi connectivity index (χ0v) is 10.3. The molecule has 0 saturated heterocycles. The smallest absolute Gasteiger partial charge is 0.00528 e. The summed E-state index contributed by atoms with van der Waals surface area (Å²) in [6, 6.07) is 4.94. The molecule has 2 atom stereocenters. The zero-order chi connectivity index (χ0) is 11.1. The fourth-order valence-electron chi connectivity index (χ4n) is 3.16. The van der Waals surface area contributed by atoms with Gasteiger partial charge in [0, 0.05) is 5.92 Å². The Bertz CT molecular complexity index is 440. The van der Waals surface area contributed by atoms with E-state index in [1.807, 2.05) is 0 Å². The highest BCUT2D eigenvalue weighted by molar-refractivity contribution is 5.65. The zero-order valence-electron chi connectivity index (χ0n) is 10.3. The van der Waals surface area contributed by atoms with Gasteiger partial charge in [0.05, 0.1) is 0 Å². The Morgan fingerprint density at radius 3 is 2.75 bits per heavy atom. The molecular weight excluding hydrogens is 192 g/mol. The molecule has 2 aliphatic carbocycles. The number of aryl methyl sites for hydroxylation is 2. The van der Waals surface area contributed by atoms with Crippen LogP contribution in [0.4, 0.5) is 0 Å². The Balaban J connectivity index is 2.02. The van der Waals surface area contributed by atoms with Crippen LogP contribution in [0.25, 0.3) is 6.08 Å². The van der Waals surface area contributed by atoms with Crippen molar-refractivity contribution in [2.24, 2.45) is 5.92 Å². The molecule has 0 heteroatoms. The number of hydrogen-bond donors (Lipinski definition) is 0. The molecule has 3 rings (SSSR count). The second-order valence-corrected chi connectivity index (χ2v) is 5.37. The fourth-order valence-corrected chi connectivity index (χ4v) is 3.16. The Kier molecular flexibility index (Phi) is 2.38. The summed E-state index contributed by atoms with van der Waals surface area (Å²) in [4.78, 5) is 0. The highest BCUT2D eigenvalue weighted by atomic mass is 14.3. The van der Waals surface area contributed by atoms with Gasteiger partial charge in [-0.25, -0.2) is 0 Å². The van der Waals surface area contributed by atoms with Gasteiger partial charge < -0.3 is 0 Å². The number of allylic oxidation sites excluding steroid dienone is 1. The van der Waals surface area contributed by atoms with Crippen molar-refractivity contribution >= 4 is 6.08 Å². The molecule has 0 nitrogen and oxygen atoms in total. The van der Waals surface area contributed by atoms with Crippen LogP contribution in [-0.2, 0) is 12.8 Å². The third-order valence-corrected chi connectivity index (χ3v) is 4.40. The van der Waals surface area contributed by atoms with Gasteiger partial charge in [-0.15, -0.1) is 0 Å². The third-order valence-electron chi connectivity index (χ3n) is 4.40. The molecule has 2 aliphatic rings. The average Bonchev–Trinajstić information content (AvgIpc) is 2.90. The quantitative estimate of drug-likeness (QED) is 0.684. The van der Waals surface area contributed by atoms with E-state index in [9.17, 15) is 0 Å². The summed E-state index contributed by atoms with van der Waals surface area (Å²) in [7, 11) is 0. The van der Waals surface area contributed by atoms with Crippen molar-refractivity contribution in [3.63, 3.8) is 0 Å². The highest BCUT2D eigenvalue weighted by Gasteiger charge is 2.24. The maximum absolute atomic E-state index is 2.49. The summed E-state index contributed by atoms with van der Waals surface area (Å²) < 4.78 is 0. The van der Waals surface area contributed by atoms with Crippen molar-refractivity contribution in [2.45, 2.75) is 45.4 Å². The van der Waals surface area contributed by atoms with E-state index in [-0.39, 0.29) is 0 Å². The molecule has 84 valence electrons. The van der Waals surface area contributed by atoms with Crippen molar-refractivity contribution in [3.8, 4) is 0 Å². The van der Waals surface area contributed by atoms with Crippen molar-refractivity contribution in [1.29, 1.82) is 0 Å². The van der Waals surface area contributed by atoms with E-state index in [1.165, 1.54) is 31.2 Å². The normalized spacial score (nSPS) is 23.2. The molecule has 2 unspecified atom stereocenters. The van der Waals surface area contributed by atoms with Crippen molar-refractivity contribution in [2.75, 3.05) is 0 Å². The van der Waals surface area contributed by atoms with Crippen LogP contribution >= 0.6 is 0 Å². The summed E-state index contributed by atoms with van der Waals surface area (Å²) in [6.45, 7) is 4.67. The first-order valence-corrected chi connectivity index (χ1v) is 6.63. The molecule has 0 spiro atoms. The average molecular weight is 212 g/mol. The first-order chi connectivity index (χ1) is 7.79. The minimum absolute atomic E-state index is 0.672. The number of hydrogen-bond acceptors (Lipinski definition) is 0. The lowest BCUT2D eigenvalue weighted by atomic mass is 9.86. The summed E-state index contributed by atoms with van der Waals surface area (Å²) in [5.41, 5.74) is 6.31. The number of benzene rings is 1. The van der Waals surface area contributed by atoms with Crippen molar-refractivity contribution in [1.82, 2.24) is 0 Å². The van der Waals surface area contributed by atoms with Crippen LogP contribution in [0.1, 0.15) is 54.9 Å². The minimum Gasteiger partial charge on any atom is -0.0761 e. The van der Waals surface area contributed by atoms with E-state index in [0.717, 1.165) is 5.92 Å². The maximum atomic E-state index is 2.49. The number of fused-ring (bicyclic) bond motifs is 2. The molecule has 0 aliphatic heterocycles. The third kappa shape index (κ3) is 1.43. The van der Waals surface area contributed by atoms with Crippen molar-refractivity contribution < 1.29 is 0 Å². The molecule has 0 aromatic heterocycles. The lowest BCUT2D eigenvalue weighted by Gasteiger charge is -2.18. The fraction of sp³-hybridized carbons (Fsp3) is 0.500. The SMILES string of the molecule is CCC(C)C1C=Cc2cc3c(cc21)CCC3. The van der Waals surface area contributed by atoms with Gasteiger partial charge >= 0.3 is 0 Å². The molecule has 16 heavy (non-hydrogen) atoms. The summed E-state index contributed by atoms with van der Waals surface area (Å²) in [5, 5.41) is 0. The first-order valence-electron chi connectivity index (χ1n) is 6.63. The summed E-state index contributed by atoms with van der Waals surface area (Å²) in [5.74, 6) is 1.45. The van der Waals surface area contributed by atoms with E-state index in [2.05, 4.69) is 38.1 Å². The van der Waals surface area contributed by atoms with Crippen molar-refractivity contribution in [3.05, 3.63) is 40.5 Å². The number of rotatable bonds is 2. The Labute approximate surface area is 98.4 Å². The van der Waals surface area contributed by atoms with E-state index < -0.39 is 0 Å². The molecule has 0 saturated carbocycles. The van der Waals surface area contributed by atoms with Crippen LogP contribution in [0.2, 0.25) is 0 Å².